The number of rotatable bonds is 6. The number of nitrogens with zero attached hydrogens (tertiary/aromatic N) is 7. The van der Waals surface area contributed by atoms with Crippen molar-refractivity contribution >= 4 is 35.7 Å². The number of piperazine rings is 1. The molecule has 0 saturated carbocycles. The SMILES string of the molecule is CB(O)N1CCN(c2ccncc2NC(=O)c2ccnc(-n3cc(-c4ccsc4)cn3)n2)CC1. The number of carbonyl (C=O) groups excluding carboxylic acids is 1. The van der Waals surface area contributed by atoms with Crippen molar-refractivity contribution in [1.82, 2.24) is 29.5 Å². The maximum Gasteiger partial charge on any atom is 0.376 e. The lowest BCUT2D eigenvalue weighted by Crippen LogP contribution is -2.51. The van der Waals surface area contributed by atoms with Gasteiger partial charge in [-0.3, -0.25) is 9.78 Å². The number of hydrogen-bond donors (Lipinski definition) is 2. The highest BCUT2D eigenvalue weighted by Gasteiger charge is 2.24. The molecule has 4 aromatic heterocycles. The Kier molecular flexibility index (Phi) is 6.34. The van der Waals surface area contributed by atoms with Crippen molar-refractivity contribution in [2.24, 2.45) is 0 Å². The van der Waals surface area contributed by atoms with Gasteiger partial charge in [-0.05, 0) is 41.3 Å². The van der Waals surface area contributed by atoms with Crippen molar-refractivity contribution in [3.8, 4) is 17.1 Å². The fourth-order valence-electron chi connectivity index (χ4n) is 3.88. The first-order valence-electron chi connectivity index (χ1n) is 10.9. The molecule has 34 heavy (non-hydrogen) atoms. The molecular formula is C22H23BN8O2S. The maximum atomic E-state index is 13.0. The van der Waals surface area contributed by atoms with Crippen LogP contribution in [0.5, 0.6) is 0 Å². The van der Waals surface area contributed by atoms with Crippen molar-refractivity contribution in [2.75, 3.05) is 36.4 Å². The van der Waals surface area contributed by atoms with E-state index in [4.69, 9.17) is 0 Å². The van der Waals surface area contributed by atoms with E-state index in [1.807, 2.05) is 33.9 Å². The predicted octanol–water partition coefficient (Wildman–Crippen LogP) is 2.27. The molecule has 12 heteroatoms. The summed E-state index contributed by atoms with van der Waals surface area (Å²) >= 11 is 1.62. The molecule has 0 atom stereocenters. The summed E-state index contributed by atoms with van der Waals surface area (Å²) in [4.78, 5) is 30.1. The molecule has 0 radical (unpaired) electrons. The summed E-state index contributed by atoms with van der Waals surface area (Å²) in [5, 5.41) is 21.1. The zero-order chi connectivity index (χ0) is 23.5. The van der Waals surface area contributed by atoms with Crippen molar-refractivity contribution in [2.45, 2.75) is 6.82 Å². The molecule has 0 bridgehead atoms. The number of nitrogens with one attached hydrogen (secondary N) is 1. The Balaban J connectivity index is 1.32. The standard InChI is InChI=1S/C22H23BN8O2S/c1-23(33)30-9-7-29(8-10-30)20-3-5-24-13-19(20)27-21(32)18-2-6-25-22(28-18)31-14-17(12-26-31)16-4-11-34-15-16/h2-6,11-15,33H,7-10H2,1H3,(H,27,32). The van der Waals surface area contributed by atoms with Crippen molar-refractivity contribution < 1.29 is 9.82 Å². The predicted molar refractivity (Wildman–Crippen MR) is 132 cm³/mol. The molecule has 0 aromatic carbocycles. The molecule has 1 saturated heterocycles. The Bertz CT molecular complexity index is 1270. The van der Waals surface area contributed by atoms with E-state index in [2.05, 4.69) is 30.3 Å². The molecule has 4 aromatic rings. The minimum absolute atomic E-state index is 0.228. The van der Waals surface area contributed by atoms with Crippen LogP contribution in [0.25, 0.3) is 17.1 Å². The molecule has 1 aliphatic rings. The van der Waals surface area contributed by atoms with Gasteiger partial charge in [-0.1, -0.05) is 0 Å². The van der Waals surface area contributed by atoms with Gasteiger partial charge in [0.2, 0.25) is 0 Å². The quantitative estimate of drug-likeness (QED) is 0.410. The average Bonchev–Trinajstić information content (AvgIpc) is 3.57. The van der Waals surface area contributed by atoms with Crippen molar-refractivity contribution in [3.05, 3.63) is 65.6 Å². The van der Waals surface area contributed by atoms with E-state index in [1.165, 1.54) is 0 Å². The summed E-state index contributed by atoms with van der Waals surface area (Å²) in [5.41, 5.74) is 3.75. The maximum absolute atomic E-state index is 13.0. The van der Waals surface area contributed by atoms with E-state index >= 15 is 0 Å². The molecule has 0 spiro atoms. The lowest BCUT2D eigenvalue weighted by atomic mass is 9.84. The molecule has 1 amide bonds. The van der Waals surface area contributed by atoms with Crippen molar-refractivity contribution in [1.29, 1.82) is 0 Å². The van der Waals surface area contributed by atoms with Crippen LogP contribution < -0.4 is 10.2 Å². The van der Waals surface area contributed by atoms with Crippen LogP contribution in [0.1, 0.15) is 10.5 Å². The van der Waals surface area contributed by atoms with E-state index < -0.39 is 7.05 Å². The van der Waals surface area contributed by atoms with Gasteiger partial charge < -0.3 is 20.1 Å². The van der Waals surface area contributed by atoms with E-state index in [-0.39, 0.29) is 11.6 Å². The van der Waals surface area contributed by atoms with Crippen LogP contribution in [0.3, 0.4) is 0 Å². The minimum atomic E-state index is -0.471. The highest BCUT2D eigenvalue weighted by atomic mass is 32.1. The summed E-state index contributed by atoms with van der Waals surface area (Å²) < 4.78 is 1.56. The fraction of sp³-hybridized carbons (Fsp3) is 0.227. The second kappa shape index (κ2) is 9.71. The van der Waals surface area contributed by atoms with Crippen LogP contribution in [0.4, 0.5) is 11.4 Å². The molecular weight excluding hydrogens is 451 g/mol. The van der Waals surface area contributed by atoms with Crippen LogP contribution in [-0.2, 0) is 0 Å². The van der Waals surface area contributed by atoms with Gasteiger partial charge >= 0.3 is 7.05 Å². The van der Waals surface area contributed by atoms with Crippen LogP contribution >= 0.6 is 11.3 Å². The molecule has 1 aliphatic heterocycles. The van der Waals surface area contributed by atoms with Gasteiger partial charge in [0.15, 0.2) is 0 Å². The monoisotopic (exact) mass is 474 g/mol. The third-order valence-corrected chi connectivity index (χ3v) is 6.43. The molecule has 5 rings (SSSR count). The molecule has 5 heterocycles. The van der Waals surface area contributed by atoms with Crippen LogP contribution in [-0.4, -0.2) is 73.7 Å². The Hall–Kier alpha value is -3.61. The summed E-state index contributed by atoms with van der Waals surface area (Å²) in [7, 11) is -0.471. The number of thiophene rings is 1. The highest BCUT2D eigenvalue weighted by Crippen LogP contribution is 2.26. The van der Waals surface area contributed by atoms with Gasteiger partial charge in [-0.15, -0.1) is 0 Å². The zero-order valence-electron chi connectivity index (χ0n) is 18.6. The number of carbonyl (C=O) groups is 1. The first kappa shape index (κ1) is 22.2. The van der Waals surface area contributed by atoms with Gasteiger partial charge in [-0.25, -0.2) is 14.6 Å². The molecule has 2 N–H and O–H groups in total. The second-order valence-corrected chi connectivity index (χ2v) is 8.71. The molecule has 1 fully saturated rings. The average molecular weight is 474 g/mol. The van der Waals surface area contributed by atoms with Crippen molar-refractivity contribution in [3.63, 3.8) is 0 Å². The van der Waals surface area contributed by atoms with E-state index in [0.29, 0.717) is 11.6 Å². The lowest BCUT2D eigenvalue weighted by molar-refractivity contribution is 0.102. The third-order valence-electron chi connectivity index (χ3n) is 5.75. The van der Waals surface area contributed by atoms with Gasteiger partial charge in [0, 0.05) is 50.3 Å². The zero-order valence-corrected chi connectivity index (χ0v) is 19.4. The minimum Gasteiger partial charge on any atom is -0.437 e. The van der Waals surface area contributed by atoms with Crippen LogP contribution in [0, 0.1) is 0 Å². The molecule has 0 unspecified atom stereocenters. The number of anilines is 2. The first-order chi connectivity index (χ1) is 16.6. The Morgan fingerprint density at radius 1 is 1.12 bits per heavy atom. The number of amides is 1. The largest absolute Gasteiger partial charge is 0.437 e. The van der Waals surface area contributed by atoms with E-state index in [1.54, 1.807) is 53.7 Å². The third kappa shape index (κ3) is 4.69. The summed E-state index contributed by atoms with van der Waals surface area (Å²) in [6, 6.07) is 5.47. The Morgan fingerprint density at radius 3 is 2.74 bits per heavy atom. The van der Waals surface area contributed by atoms with Crippen LogP contribution in [0.15, 0.2) is 59.9 Å². The summed E-state index contributed by atoms with van der Waals surface area (Å²) in [6.07, 6.45) is 8.47. The van der Waals surface area contributed by atoms with Gasteiger partial charge in [0.1, 0.15) is 5.69 Å². The first-order valence-corrected chi connectivity index (χ1v) is 11.9. The molecule has 0 aliphatic carbocycles. The number of pyridine rings is 1. The molecule has 10 nitrogen and oxygen atoms in total. The fourth-order valence-corrected chi connectivity index (χ4v) is 4.54. The Morgan fingerprint density at radius 2 is 1.97 bits per heavy atom. The normalized spacial score (nSPS) is 14.2. The Labute approximate surface area is 201 Å². The topological polar surface area (TPSA) is 112 Å². The molecule has 172 valence electrons. The lowest BCUT2D eigenvalue weighted by Gasteiger charge is -2.37. The number of hydrogen-bond acceptors (Lipinski definition) is 9. The second-order valence-electron chi connectivity index (χ2n) is 7.93. The van der Waals surface area contributed by atoms with Gasteiger partial charge in [0.05, 0.1) is 23.8 Å². The summed E-state index contributed by atoms with van der Waals surface area (Å²) in [5.74, 6) is -0.0412. The van der Waals surface area contributed by atoms with Gasteiger partial charge in [-0.2, -0.15) is 16.4 Å². The van der Waals surface area contributed by atoms with Gasteiger partial charge in [0.25, 0.3) is 11.9 Å². The van der Waals surface area contributed by atoms with E-state index in [9.17, 15) is 9.82 Å². The number of aromatic nitrogens is 5. The summed E-state index contributed by atoms with van der Waals surface area (Å²) in [6.45, 7) is 4.72. The smallest absolute Gasteiger partial charge is 0.376 e. The highest BCUT2D eigenvalue weighted by molar-refractivity contribution is 7.08. The van der Waals surface area contributed by atoms with Crippen LogP contribution in [0.2, 0.25) is 6.82 Å². The van der Waals surface area contributed by atoms with E-state index in [0.717, 1.165) is 43.0 Å².